The topological polar surface area (TPSA) is 161 Å². The molecule has 0 aromatic rings. The minimum absolute atomic E-state index is 0.0231. The van der Waals surface area contributed by atoms with Crippen LogP contribution < -0.4 is 5.32 Å². The molecule has 1 heterocycles. The molecule has 0 unspecified atom stereocenters. The van der Waals surface area contributed by atoms with Crippen molar-refractivity contribution in [2.24, 2.45) is 0 Å². The smallest absolute Gasteiger partial charge is 0.336 e. The normalized spacial score (nSPS) is 13.2. The maximum absolute atomic E-state index is 10.3. The highest BCUT2D eigenvalue weighted by atomic mass is 16.4. The van der Waals surface area contributed by atoms with Gasteiger partial charge < -0.3 is 25.7 Å². The summed E-state index contributed by atoms with van der Waals surface area (Å²) in [6, 6.07) is 0. The Balaban J connectivity index is 0.000000443. The summed E-state index contributed by atoms with van der Waals surface area (Å²) in [5, 5.41) is 36.4. The zero-order valence-corrected chi connectivity index (χ0v) is 9.70. The van der Waals surface area contributed by atoms with Gasteiger partial charge in [0.15, 0.2) is 5.60 Å². The van der Waals surface area contributed by atoms with Gasteiger partial charge in [0.25, 0.3) is 0 Å². The summed E-state index contributed by atoms with van der Waals surface area (Å²) in [7, 11) is 0. The third-order valence-electron chi connectivity index (χ3n) is 1.95. The standard InChI is InChI=1S/C6H8O7.C4H5NO/c7-3(8)1-6(13,5(11)12)2-4(9)10;6-4-2-1-3-5-4/h13H,1-2H2,(H,7,8)(H,9,10)(H,11,12);1-2H,3H2,(H,5,6). The Hall–Kier alpha value is -2.42. The van der Waals surface area contributed by atoms with Crippen molar-refractivity contribution < 1.29 is 39.6 Å². The Kier molecular flexibility index (Phi) is 6.21. The number of carboxylic acids is 3. The second kappa shape index (κ2) is 7.11. The predicted molar refractivity (Wildman–Crippen MR) is 59.2 cm³/mol. The maximum atomic E-state index is 10.3. The zero-order valence-electron chi connectivity index (χ0n) is 9.70. The number of hydrogen-bond acceptors (Lipinski definition) is 5. The summed E-state index contributed by atoms with van der Waals surface area (Å²) in [4.78, 5) is 40.5. The van der Waals surface area contributed by atoms with E-state index in [9.17, 15) is 19.2 Å². The second-order valence-electron chi connectivity index (χ2n) is 3.63. The molecule has 0 aromatic heterocycles. The van der Waals surface area contributed by atoms with E-state index < -0.39 is 36.4 Å². The van der Waals surface area contributed by atoms with Gasteiger partial charge in [0.1, 0.15) is 0 Å². The first-order valence-corrected chi connectivity index (χ1v) is 5.01. The van der Waals surface area contributed by atoms with Gasteiger partial charge in [-0.25, -0.2) is 4.79 Å². The lowest BCUT2D eigenvalue weighted by molar-refractivity contribution is -0.170. The number of carbonyl (C=O) groups is 4. The lowest BCUT2D eigenvalue weighted by atomic mass is 9.96. The minimum Gasteiger partial charge on any atom is -0.481 e. The van der Waals surface area contributed by atoms with Gasteiger partial charge in [-0.1, -0.05) is 6.08 Å². The molecule has 0 radical (unpaired) electrons. The van der Waals surface area contributed by atoms with Crippen LogP contribution in [-0.4, -0.2) is 56.4 Å². The molecule has 1 rings (SSSR count). The predicted octanol–water partition coefficient (Wildman–Crippen LogP) is -1.58. The molecule has 9 heteroatoms. The monoisotopic (exact) mass is 275 g/mol. The molecule has 9 nitrogen and oxygen atoms in total. The van der Waals surface area contributed by atoms with Crippen molar-refractivity contribution in [3.63, 3.8) is 0 Å². The van der Waals surface area contributed by atoms with Gasteiger partial charge in [-0.05, 0) is 0 Å². The summed E-state index contributed by atoms with van der Waals surface area (Å²) in [6.07, 6.45) is 1.03. The average molecular weight is 275 g/mol. The van der Waals surface area contributed by atoms with E-state index in [1.54, 1.807) is 6.08 Å². The fourth-order valence-electron chi connectivity index (χ4n) is 1.10. The number of amides is 1. The first kappa shape index (κ1) is 16.6. The molecule has 0 spiro atoms. The Morgan fingerprint density at radius 2 is 1.63 bits per heavy atom. The van der Waals surface area contributed by atoms with Crippen molar-refractivity contribution in [1.29, 1.82) is 0 Å². The molecule has 1 aliphatic heterocycles. The second-order valence-corrected chi connectivity index (χ2v) is 3.63. The molecule has 0 saturated carbocycles. The Morgan fingerprint density at radius 3 is 1.79 bits per heavy atom. The fraction of sp³-hybridized carbons (Fsp3) is 0.400. The average Bonchev–Trinajstić information content (AvgIpc) is 2.67. The molecule has 106 valence electrons. The van der Waals surface area contributed by atoms with Crippen molar-refractivity contribution >= 4 is 23.8 Å². The van der Waals surface area contributed by atoms with Gasteiger partial charge in [0.2, 0.25) is 5.91 Å². The van der Waals surface area contributed by atoms with Gasteiger partial charge in [0, 0.05) is 12.6 Å². The van der Waals surface area contributed by atoms with E-state index in [2.05, 4.69) is 5.32 Å². The Morgan fingerprint density at radius 1 is 1.16 bits per heavy atom. The molecule has 0 atom stereocenters. The van der Waals surface area contributed by atoms with Crippen molar-refractivity contribution in [2.75, 3.05) is 6.54 Å². The molecule has 5 N–H and O–H groups in total. The van der Waals surface area contributed by atoms with Crippen molar-refractivity contribution in [3.05, 3.63) is 12.2 Å². The van der Waals surface area contributed by atoms with E-state index >= 15 is 0 Å². The number of carboxylic acid groups (broad SMARTS) is 3. The van der Waals surface area contributed by atoms with Gasteiger partial charge in [-0.15, -0.1) is 0 Å². The zero-order chi connectivity index (χ0) is 15.1. The first-order valence-electron chi connectivity index (χ1n) is 5.01. The summed E-state index contributed by atoms with van der Waals surface area (Å²) in [6.45, 7) is 0.707. The number of carbonyl (C=O) groups excluding carboxylic acids is 1. The molecular formula is C10H13NO8. The maximum Gasteiger partial charge on any atom is 0.336 e. The van der Waals surface area contributed by atoms with Gasteiger partial charge >= 0.3 is 17.9 Å². The van der Waals surface area contributed by atoms with Gasteiger partial charge in [-0.3, -0.25) is 14.4 Å². The van der Waals surface area contributed by atoms with Crippen LogP contribution in [-0.2, 0) is 19.2 Å². The lowest BCUT2D eigenvalue weighted by Gasteiger charge is -2.18. The van der Waals surface area contributed by atoms with E-state index in [-0.39, 0.29) is 5.91 Å². The number of aliphatic carboxylic acids is 3. The van der Waals surface area contributed by atoms with Crippen molar-refractivity contribution in [2.45, 2.75) is 18.4 Å². The minimum atomic E-state index is -2.74. The molecule has 1 aliphatic rings. The summed E-state index contributed by atoms with van der Waals surface area (Å²) in [5.41, 5.74) is -2.74. The molecule has 0 saturated heterocycles. The number of hydrogen-bond donors (Lipinski definition) is 5. The molecule has 19 heavy (non-hydrogen) atoms. The van der Waals surface area contributed by atoms with Crippen molar-refractivity contribution in [3.8, 4) is 0 Å². The lowest BCUT2D eigenvalue weighted by Crippen LogP contribution is -2.42. The van der Waals surface area contributed by atoms with Crippen molar-refractivity contribution in [1.82, 2.24) is 5.32 Å². The third kappa shape index (κ3) is 6.78. The number of rotatable bonds is 5. The Bertz CT molecular complexity index is 398. The Labute approximate surface area is 107 Å². The molecule has 0 aliphatic carbocycles. The van der Waals surface area contributed by atoms with E-state index in [0.717, 1.165) is 0 Å². The summed E-state index contributed by atoms with van der Waals surface area (Å²) < 4.78 is 0. The van der Waals surface area contributed by atoms with Crippen LogP contribution in [0.25, 0.3) is 0 Å². The van der Waals surface area contributed by atoms with Crippen LogP contribution in [0, 0.1) is 0 Å². The fourth-order valence-corrected chi connectivity index (χ4v) is 1.10. The van der Waals surface area contributed by atoms with Crippen LogP contribution in [0.3, 0.4) is 0 Å². The SMILES string of the molecule is O=C(O)CC(O)(CC(=O)O)C(=O)O.O=C1C=CCN1. The van der Waals surface area contributed by atoms with E-state index in [1.807, 2.05) is 0 Å². The molecular weight excluding hydrogens is 262 g/mol. The van der Waals surface area contributed by atoms with Gasteiger partial charge in [0.05, 0.1) is 12.8 Å². The summed E-state index contributed by atoms with van der Waals surface area (Å²) >= 11 is 0. The number of aliphatic hydroxyl groups is 1. The van der Waals surface area contributed by atoms with E-state index in [1.165, 1.54) is 6.08 Å². The molecule has 1 amide bonds. The largest absolute Gasteiger partial charge is 0.481 e. The highest BCUT2D eigenvalue weighted by Crippen LogP contribution is 2.15. The van der Waals surface area contributed by atoms with Crippen LogP contribution >= 0.6 is 0 Å². The number of nitrogens with one attached hydrogen (secondary N) is 1. The van der Waals surface area contributed by atoms with E-state index in [0.29, 0.717) is 6.54 Å². The first-order chi connectivity index (χ1) is 8.67. The third-order valence-corrected chi connectivity index (χ3v) is 1.95. The highest BCUT2D eigenvalue weighted by molar-refractivity contribution is 5.89. The molecule has 0 aromatic carbocycles. The van der Waals surface area contributed by atoms with E-state index in [4.69, 9.17) is 20.4 Å². The van der Waals surface area contributed by atoms with Crippen LogP contribution in [0.4, 0.5) is 0 Å². The van der Waals surface area contributed by atoms with Gasteiger partial charge in [-0.2, -0.15) is 0 Å². The molecule has 0 bridgehead atoms. The van der Waals surface area contributed by atoms with Crippen LogP contribution in [0.2, 0.25) is 0 Å². The van der Waals surface area contributed by atoms with Crippen LogP contribution in [0.5, 0.6) is 0 Å². The van der Waals surface area contributed by atoms with Crippen LogP contribution in [0.15, 0.2) is 12.2 Å². The van der Waals surface area contributed by atoms with Crippen LogP contribution in [0.1, 0.15) is 12.8 Å². The summed E-state index contributed by atoms with van der Waals surface area (Å²) in [5.74, 6) is -5.00. The highest BCUT2D eigenvalue weighted by Gasteiger charge is 2.40. The quantitative estimate of drug-likeness (QED) is 0.401. The molecule has 0 fully saturated rings.